The van der Waals surface area contributed by atoms with E-state index in [1.54, 1.807) is 31.2 Å². The molecule has 0 saturated carbocycles. The van der Waals surface area contributed by atoms with Crippen LogP contribution in [0.1, 0.15) is 35.7 Å². The van der Waals surface area contributed by atoms with Crippen LogP contribution in [-0.4, -0.2) is 23.9 Å². The van der Waals surface area contributed by atoms with E-state index in [0.29, 0.717) is 24.7 Å². The summed E-state index contributed by atoms with van der Waals surface area (Å²) in [6, 6.07) is 6.32. The largest absolute Gasteiger partial charge is 0.321 e. The number of carbonyl (C=O) groups excluding carboxylic acids is 3. The molecule has 4 heteroatoms. The fourth-order valence-electron chi connectivity index (χ4n) is 1.55. The van der Waals surface area contributed by atoms with Crippen LogP contribution in [0.4, 0.5) is 0 Å². The highest BCUT2D eigenvalue weighted by molar-refractivity contribution is 6.07. The predicted octanol–water partition coefficient (Wildman–Crippen LogP) is 1.31. The highest BCUT2D eigenvalue weighted by Gasteiger charge is 2.10. The van der Waals surface area contributed by atoms with Gasteiger partial charge in [0.05, 0.1) is 12.5 Å². The second-order valence-corrected chi connectivity index (χ2v) is 4.19. The molecule has 96 valence electrons. The minimum absolute atomic E-state index is 0.0519. The molecule has 0 bridgehead atoms. The Kier molecular flexibility index (Phi) is 5.39. The molecular weight excluding hydrogens is 230 g/mol. The maximum absolute atomic E-state index is 11.7. The molecule has 0 saturated heterocycles. The van der Waals surface area contributed by atoms with Crippen LogP contribution in [0.5, 0.6) is 0 Å². The zero-order valence-corrected chi connectivity index (χ0v) is 10.4. The molecule has 0 heterocycles. The topological polar surface area (TPSA) is 77.2 Å². The maximum atomic E-state index is 11.7. The number of ketones is 2. The smallest absolute Gasteiger partial charge is 0.170 e. The summed E-state index contributed by atoms with van der Waals surface area (Å²) in [6.45, 7) is 1.74. The van der Waals surface area contributed by atoms with Crippen LogP contribution in [0, 0.1) is 0 Å². The van der Waals surface area contributed by atoms with Gasteiger partial charge in [-0.2, -0.15) is 0 Å². The minimum Gasteiger partial charge on any atom is -0.321 e. The van der Waals surface area contributed by atoms with Crippen molar-refractivity contribution in [3.63, 3.8) is 0 Å². The van der Waals surface area contributed by atoms with Crippen molar-refractivity contribution in [2.45, 2.75) is 32.2 Å². The lowest BCUT2D eigenvalue weighted by Gasteiger charge is -2.05. The first-order valence-electron chi connectivity index (χ1n) is 5.91. The van der Waals surface area contributed by atoms with Crippen molar-refractivity contribution in [2.24, 2.45) is 5.73 Å². The van der Waals surface area contributed by atoms with Gasteiger partial charge in [0.2, 0.25) is 0 Å². The van der Waals surface area contributed by atoms with Crippen LogP contribution in [-0.2, 0) is 16.0 Å². The molecule has 2 N–H and O–H groups in total. The van der Waals surface area contributed by atoms with Gasteiger partial charge in [0.25, 0.3) is 0 Å². The van der Waals surface area contributed by atoms with E-state index in [9.17, 15) is 14.4 Å². The summed E-state index contributed by atoms with van der Waals surface area (Å²) in [7, 11) is 0. The standard InChI is InChI=1S/C14H17NO3/c1-2-13(17)8-14(18)11-5-3-10(4-6-11)7-12(15)9-16/h3-6,9,12H,2,7-8,15H2,1H3. The molecule has 1 rings (SSSR count). The molecule has 0 aliphatic rings. The Hall–Kier alpha value is -1.81. The molecule has 0 amide bonds. The van der Waals surface area contributed by atoms with Gasteiger partial charge in [0.15, 0.2) is 5.78 Å². The molecule has 0 aliphatic heterocycles. The van der Waals surface area contributed by atoms with Crippen LogP contribution in [0.15, 0.2) is 24.3 Å². The van der Waals surface area contributed by atoms with E-state index in [2.05, 4.69) is 0 Å². The second kappa shape index (κ2) is 6.81. The number of benzene rings is 1. The summed E-state index contributed by atoms with van der Waals surface area (Å²) in [5, 5.41) is 0. The van der Waals surface area contributed by atoms with Gasteiger partial charge in [-0.3, -0.25) is 9.59 Å². The van der Waals surface area contributed by atoms with Crippen molar-refractivity contribution in [1.29, 1.82) is 0 Å². The van der Waals surface area contributed by atoms with Gasteiger partial charge >= 0.3 is 0 Å². The van der Waals surface area contributed by atoms with Gasteiger partial charge in [-0.15, -0.1) is 0 Å². The van der Waals surface area contributed by atoms with E-state index in [1.165, 1.54) is 0 Å². The van der Waals surface area contributed by atoms with E-state index < -0.39 is 6.04 Å². The van der Waals surface area contributed by atoms with Crippen molar-refractivity contribution < 1.29 is 14.4 Å². The van der Waals surface area contributed by atoms with Gasteiger partial charge in [-0.25, -0.2) is 0 Å². The predicted molar refractivity (Wildman–Crippen MR) is 68.4 cm³/mol. The summed E-state index contributed by atoms with van der Waals surface area (Å²) < 4.78 is 0. The summed E-state index contributed by atoms with van der Waals surface area (Å²) in [6.07, 6.45) is 1.46. The number of aldehydes is 1. The molecule has 4 nitrogen and oxygen atoms in total. The fraction of sp³-hybridized carbons (Fsp3) is 0.357. The molecule has 1 aromatic rings. The number of nitrogens with two attached hydrogens (primary N) is 1. The summed E-state index contributed by atoms with van der Waals surface area (Å²) in [4.78, 5) is 33.3. The second-order valence-electron chi connectivity index (χ2n) is 4.19. The van der Waals surface area contributed by atoms with Crippen LogP contribution in [0.25, 0.3) is 0 Å². The van der Waals surface area contributed by atoms with Gasteiger partial charge in [0.1, 0.15) is 12.1 Å². The first-order chi connectivity index (χ1) is 8.56. The van der Waals surface area contributed by atoms with Crippen molar-refractivity contribution in [3.05, 3.63) is 35.4 Å². The van der Waals surface area contributed by atoms with Gasteiger partial charge in [-0.1, -0.05) is 31.2 Å². The highest BCUT2D eigenvalue weighted by atomic mass is 16.1. The molecule has 0 spiro atoms. The minimum atomic E-state index is -0.520. The van der Waals surface area contributed by atoms with Gasteiger partial charge in [0, 0.05) is 12.0 Å². The van der Waals surface area contributed by atoms with Crippen molar-refractivity contribution in [1.82, 2.24) is 0 Å². The molecule has 1 aromatic carbocycles. The molecule has 1 atom stereocenters. The average Bonchev–Trinajstić information content (AvgIpc) is 2.39. The van der Waals surface area contributed by atoms with Gasteiger partial charge in [-0.05, 0) is 12.0 Å². The number of hydrogen-bond acceptors (Lipinski definition) is 4. The normalized spacial score (nSPS) is 11.9. The van der Waals surface area contributed by atoms with Crippen LogP contribution >= 0.6 is 0 Å². The monoisotopic (exact) mass is 247 g/mol. The number of Topliss-reactive ketones (excluding diaryl/α,β-unsaturated/α-hetero) is 2. The summed E-state index contributed by atoms with van der Waals surface area (Å²) in [5.41, 5.74) is 6.92. The number of hydrogen-bond donors (Lipinski definition) is 1. The summed E-state index contributed by atoms with van der Waals surface area (Å²) in [5.74, 6) is -0.236. The van der Waals surface area contributed by atoms with E-state index >= 15 is 0 Å². The Morgan fingerprint density at radius 1 is 1.28 bits per heavy atom. The molecule has 0 aliphatic carbocycles. The molecule has 0 radical (unpaired) electrons. The Morgan fingerprint density at radius 3 is 2.39 bits per heavy atom. The average molecular weight is 247 g/mol. The third kappa shape index (κ3) is 4.22. The van der Waals surface area contributed by atoms with Crippen LogP contribution in [0.2, 0.25) is 0 Å². The SMILES string of the molecule is CCC(=O)CC(=O)c1ccc(CC(N)C=O)cc1. The van der Waals surface area contributed by atoms with Crippen molar-refractivity contribution in [2.75, 3.05) is 0 Å². The lowest BCUT2D eigenvalue weighted by atomic mass is 10.0. The Bertz CT molecular complexity index is 437. The van der Waals surface area contributed by atoms with Crippen LogP contribution < -0.4 is 5.73 Å². The first kappa shape index (κ1) is 14.3. The quantitative estimate of drug-likeness (QED) is 0.447. The Labute approximate surface area is 106 Å². The van der Waals surface area contributed by atoms with E-state index in [0.717, 1.165) is 5.56 Å². The molecular formula is C14H17NO3. The van der Waals surface area contributed by atoms with Crippen molar-refractivity contribution >= 4 is 17.9 Å². The van der Waals surface area contributed by atoms with Crippen LogP contribution in [0.3, 0.4) is 0 Å². The zero-order valence-electron chi connectivity index (χ0n) is 10.4. The van der Waals surface area contributed by atoms with Crippen molar-refractivity contribution in [3.8, 4) is 0 Å². The molecule has 1 unspecified atom stereocenters. The summed E-state index contributed by atoms with van der Waals surface area (Å²) >= 11 is 0. The maximum Gasteiger partial charge on any atom is 0.170 e. The Balaban J connectivity index is 2.67. The lowest BCUT2D eigenvalue weighted by molar-refractivity contribution is -0.118. The highest BCUT2D eigenvalue weighted by Crippen LogP contribution is 2.09. The first-order valence-corrected chi connectivity index (χ1v) is 5.91. The number of rotatable bonds is 7. The zero-order chi connectivity index (χ0) is 13.5. The fourth-order valence-corrected chi connectivity index (χ4v) is 1.55. The number of carbonyl (C=O) groups is 3. The van der Waals surface area contributed by atoms with E-state index in [-0.39, 0.29) is 18.0 Å². The van der Waals surface area contributed by atoms with E-state index in [4.69, 9.17) is 5.73 Å². The Morgan fingerprint density at radius 2 is 1.89 bits per heavy atom. The molecule has 0 fully saturated rings. The lowest BCUT2D eigenvalue weighted by Crippen LogP contribution is -2.24. The van der Waals surface area contributed by atoms with Gasteiger partial charge < -0.3 is 10.5 Å². The van der Waals surface area contributed by atoms with E-state index in [1.807, 2.05) is 0 Å². The molecule has 18 heavy (non-hydrogen) atoms. The molecule has 0 aromatic heterocycles. The third-order valence-electron chi connectivity index (χ3n) is 2.67. The third-order valence-corrected chi connectivity index (χ3v) is 2.67.